The molecule has 1 N–H and O–H groups in total. The van der Waals surface area contributed by atoms with Crippen LogP contribution in [0.25, 0.3) is 0 Å². The monoisotopic (exact) mass is 267 g/mol. The van der Waals surface area contributed by atoms with E-state index in [1.807, 2.05) is 11.8 Å². The van der Waals surface area contributed by atoms with Crippen molar-refractivity contribution in [1.82, 2.24) is 5.32 Å². The molecule has 2 heteroatoms. The average molecular weight is 267 g/mol. The van der Waals surface area contributed by atoms with Crippen molar-refractivity contribution in [2.45, 2.75) is 28.0 Å². The van der Waals surface area contributed by atoms with E-state index in [1.54, 1.807) is 5.56 Å². The molecule has 2 aromatic carbocycles. The Bertz CT molecular complexity index is 554. The fourth-order valence-electron chi connectivity index (χ4n) is 3.44. The molecule has 2 atom stereocenters. The summed E-state index contributed by atoms with van der Waals surface area (Å²) in [5.74, 6) is 1.30. The molecule has 1 nitrogen and oxygen atoms in total. The molecular formula is C17H17NS. The molecule has 0 saturated carbocycles. The zero-order chi connectivity index (χ0) is 12.7. The van der Waals surface area contributed by atoms with Gasteiger partial charge in [0, 0.05) is 22.3 Å². The minimum Gasteiger partial charge on any atom is -0.316 e. The summed E-state index contributed by atoms with van der Waals surface area (Å²) in [5.41, 5.74) is 3.08. The van der Waals surface area contributed by atoms with Crippen molar-refractivity contribution in [3.05, 3.63) is 59.7 Å². The van der Waals surface area contributed by atoms with Crippen LogP contribution >= 0.6 is 11.8 Å². The summed E-state index contributed by atoms with van der Waals surface area (Å²) in [6.45, 7) is 2.25. The Balaban J connectivity index is 1.92. The lowest BCUT2D eigenvalue weighted by Gasteiger charge is -2.32. The molecule has 0 aliphatic carbocycles. The summed E-state index contributed by atoms with van der Waals surface area (Å²) < 4.78 is 0. The average Bonchev–Trinajstić information content (AvgIpc) is 2.62. The highest BCUT2D eigenvalue weighted by Crippen LogP contribution is 2.49. The van der Waals surface area contributed by atoms with E-state index >= 15 is 0 Å². The van der Waals surface area contributed by atoms with E-state index in [1.165, 1.54) is 21.8 Å². The zero-order valence-corrected chi connectivity index (χ0v) is 11.6. The number of piperidine rings is 1. The van der Waals surface area contributed by atoms with Crippen molar-refractivity contribution < 1.29 is 0 Å². The molecule has 4 rings (SSSR count). The second kappa shape index (κ2) is 4.69. The van der Waals surface area contributed by atoms with Crippen LogP contribution in [-0.2, 0) is 0 Å². The summed E-state index contributed by atoms with van der Waals surface area (Å²) in [5, 5.41) is 3.57. The smallest absolute Gasteiger partial charge is 0.0158 e. The lowest BCUT2D eigenvalue weighted by atomic mass is 9.77. The normalized spacial score (nSPS) is 24.8. The minimum atomic E-state index is 0.626. The highest BCUT2D eigenvalue weighted by atomic mass is 32.2. The first kappa shape index (κ1) is 11.6. The van der Waals surface area contributed by atoms with Crippen LogP contribution in [0.5, 0.6) is 0 Å². The summed E-state index contributed by atoms with van der Waals surface area (Å²) in [7, 11) is 0. The van der Waals surface area contributed by atoms with Crippen LogP contribution in [0.1, 0.15) is 29.4 Å². The molecule has 0 amide bonds. The second-order valence-corrected chi connectivity index (χ2v) is 6.47. The van der Waals surface area contributed by atoms with Crippen molar-refractivity contribution in [2.75, 3.05) is 13.1 Å². The van der Waals surface area contributed by atoms with Crippen LogP contribution in [0, 0.1) is 0 Å². The van der Waals surface area contributed by atoms with Crippen molar-refractivity contribution in [3.8, 4) is 0 Å². The number of fused-ring (bicyclic) bond motifs is 5. The summed E-state index contributed by atoms with van der Waals surface area (Å²) in [6, 6.07) is 17.9. The number of nitrogens with one attached hydrogen (secondary N) is 1. The van der Waals surface area contributed by atoms with Gasteiger partial charge in [0.05, 0.1) is 0 Å². The molecule has 0 spiro atoms. The molecule has 2 aliphatic rings. The van der Waals surface area contributed by atoms with Gasteiger partial charge in [0.25, 0.3) is 0 Å². The van der Waals surface area contributed by atoms with Gasteiger partial charge >= 0.3 is 0 Å². The van der Waals surface area contributed by atoms with Crippen LogP contribution < -0.4 is 5.32 Å². The Hall–Kier alpha value is -1.25. The van der Waals surface area contributed by atoms with Gasteiger partial charge in [-0.05, 0) is 42.1 Å². The van der Waals surface area contributed by atoms with Crippen molar-refractivity contribution >= 4 is 11.8 Å². The lowest BCUT2D eigenvalue weighted by Crippen LogP contribution is -2.33. The van der Waals surface area contributed by atoms with Gasteiger partial charge in [-0.1, -0.05) is 48.2 Å². The molecule has 96 valence electrons. The molecule has 19 heavy (non-hydrogen) atoms. The molecule has 1 fully saturated rings. The number of hydrogen-bond donors (Lipinski definition) is 1. The van der Waals surface area contributed by atoms with E-state index in [0.29, 0.717) is 11.8 Å². The van der Waals surface area contributed by atoms with Crippen molar-refractivity contribution in [1.29, 1.82) is 0 Å². The molecule has 2 heterocycles. The first-order chi connectivity index (χ1) is 9.43. The molecule has 2 aromatic rings. The van der Waals surface area contributed by atoms with Gasteiger partial charge in [-0.25, -0.2) is 0 Å². The molecular weight excluding hydrogens is 250 g/mol. The van der Waals surface area contributed by atoms with Crippen molar-refractivity contribution in [3.63, 3.8) is 0 Å². The van der Waals surface area contributed by atoms with Gasteiger partial charge in [-0.3, -0.25) is 0 Å². The Morgan fingerprint density at radius 1 is 0.842 bits per heavy atom. The Morgan fingerprint density at radius 2 is 1.47 bits per heavy atom. The van der Waals surface area contributed by atoms with Gasteiger partial charge in [0.2, 0.25) is 0 Å². The van der Waals surface area contributed by atoms with E-state index < -0.39 is 0 Å². The maximum absolute atomic E-state index is 3.57. The number of rotatable bonds is 0. The minimum absolute atomic E-state index is 0.626. The predicted octanol–water partition coefficient (Wildman–Crippen LogP) is 4.01. The molecule has 0 radical (unpaired) electrons. The highest BCUT2D eigenvalue weighted by molar-refractivity contribution is 7.99. The molecule has 0 bridgehead atoms. The maximum atomic E-state index is 3.57. The fourth-order valence-corrected chi connectivity index (χ4v) is 4.64. The van der Waals surface area contributed by atoms with Crippen LogP contribution in [0.15, 0.2) is 58.3 Å². The highest BCUT2D eigenvalue weighted by Gasteiger charge is 2.33. The van der Waals surface area contributed by atoms with Crippen LogP contribution in [-0.4, -0.2) is 13.1 Å². The second-order valence-electron chi connectivity index (χ2n) is 5.38. The van der Waals surface area contributed by atoms with Crippen molar-refractivity contribution in [2.24, 2.45) is 0 Å². The quantitative estimate of drug-likeness (QED) is 0.774. The topological polar surface area (TPSA) is 12.0 Å². The molecule has 1 saturated heterocycles. The Kier molecular flexibility index (Phi) is 2.86. The molecule has 2 unspecified atom stereocenters. The molecule has 0 aromatic heterocycles. The van der Waals surface area contributed by atoms with Gasteiger partial charge < -0.3 is 5.32 Å². The van der Waals surface area contributed by atoms with Gasteiger partial charge in [0.1, 0.15) is 0 Å². The third-order valence-corrected chi connectivity index (χ3v) is 5.52. The van der Waals surface area contributed by atoms with Crippen LogP contribution in [0.4, 0.5) is 0 Å². The number of benzene rings is 2. The fraction of sp³-hybridized carbons (Fsp3) is 0.294. The predicted molar refractivity (Wildman–Crippen MR) is 80.0 cm³/mol. The first-order valence-electron chi connectivity index (χ1n) is 7.00. The summed E-state index contributed by atoms with van der Waals surface area (Å²) in [6.07, 6.45) is 1.25. The van der Waals surface area contributed by atoms with Gasteiger partial charge in [-0.15, -0.1) is 0 Å². The van der Waals surface area contributed by atoms with E-state index in [2.05, 4.69) is 53.8 Å². The van der Waals surface area contributed by atoms with Gasteiger partial charge in [0.15, 0.2) is 0 Å². The van der Waals surface area contributed by atoms with E-state index in [-0.39, 0.29) is 0 Å². The van der Waals surface area contributed by atoms with E-state index in [9.17, 15) is 0 Å². The number of hydrogen-bond acceptors (Lipinski definition) is 2. The third kappa shape index (κ3) is 1.90. The molecule has 2 aliphatic heterocycles. The Morgan fingerprint density at radius 3 is 2.21 bits per heavy atom. The first-order valence-corrected chi connectivity index (χ1v) is 7.81. The van der Waals surface area contributed by atoms with E-state index in [4.69, 9.17) is 0 Å². The third-order valence-electron chi connectivity index (χ3n) is 4.34. The maximum Gasteiger partial charge on any atom is 0.0158 e. The summed E-state index contributed by atoms with van der Waals surface area (Å²) >= 11 is 1.94. The van der Waals surface area contributed by atoms with E-state index in [0.717, 1.165) is 13.1 Å². The lowest BCUT2D eigenvalue weighted by molar-refractivity contribution is 0.399. The summed E-state index contributed by atoms with van der Waals surface area (Å²) in [4.78, 5) is 2.88. The van der Waals surface area contributed by atoms with Crippen LogP contribution in [0.3, 0.4) is 0 Å². The van der Waals surface area contributed by atoms with Crippen LogP contribution in [0.2, 0.25) is 0 Å². The largest absolute Gasteiger partial charge is 0.316 e. The van der Waals surface area contributed by atoms with Gasteiger partial charge in [-0.2, -0.15) is 0 Å². The SMILES string of the molecule is c1ccc2c(c1)Sc1ccccc1C1CNCCC21. The Labute approximate surface area is 118 Å². The zero-order valence-electron chi connectivity index (χ0n) is 10.8. The standard InChI is InChI=1S/C17H17NS/c1-3-7-16-13(5-1)12-9-10-18-11-15(12)14-6-2-4-8-17(14)19-16/h1-8,12,15,18H,9-11H2.